The molecule has 0 aliphatic carbocycles. The lowest BCUT2D eigenvalue weighted by atomic mass is 10.2. The third kappa shape index (κ3) is 4.07. The number of nitrogens with one attached hydrogen (secondary N) is 1. The van der Waals surface area contributed by atoms with Crippen LogP contribution in [0, 0.1) is 0 Å². The molecule has 0 amide bonds. The highest BCUT2D eigenvalue weighted by Crippen LogP contribution is 2.15. The first-order valence-electron chi connectivity index (χ1n) is 4.93. The fourth-order valence-electron chi connectivity index (χ4n) is 1.21. The average Bonchev–Trinajstić information content (AvgIpc) is 2.25. The van der Waals surface area contributed by atoms with Crippen molar-refractivity contribution in [3.63, 3.8) is 0 Å². The summed E-state index contributed by atoms with van der Waals surface area (Å²) in [5.41, 5.74) is 0. The molecule has 0 saturated heterocycles. The maximum Gasteiger partial charge on any atom is 0.114 e. The molecule has 1 aromatic rings. The first kappa shape index (κ1) is 11.5. The molecule has 3 nitrogen and oxygen atoms in total. The first-order chi connectivity index (χ1) is 6.86. The fraction of sp³-hybridized carbons (Fsp3) is 0.600. The van der Waals surface area contributed by atoms with E-state index in [-0.39, 0.29) is 0 Å². The van der Waals surface area contributed by atoms with Crippen LogP contribution in [-0.2, 0) is 0 Å². The second-order valence-electron chi connectivity index (χ2n) is 3.13. The smallest absolute Gasteiger partial charge is 0.114 e. The third-order valence-electron chi connectivity index (χ3n) is 2.02. The van der Waals surface area contributed by atoms with Crippen molar-refractivity contribution in [1.29, 1.82) is 0 Å². The molecule has 1 unspecified atom stereocenters. The van der Waals surface area contributed by atoms with Gasteiger partial charge in [0, 0.05) is 24.2 Å². The van der Waals surface area contributed by atoms with Crippen LogP contribution in [0.15, 0.2) is 23.6 Å². The van der Waals surface area contributed by atoms with E-state index in [9.17, 15) is 0 Å². The SMILES string of the molecule is CCCC(CSc1cnccn1)NC. The Labute approximate surface area is 89.7 Å². The Morgan fingerprint density at radius 3 is 2.93 bits per heavy atom. The maximum atomic E-state index is 4.22. The van der Waals surface area contributed by atoms with Crippen LogP contribution in [0.1, 0.15) is 19.8 Å². The van der Waals surface area contributed by atoms with Gasteiger partial charge in [0.1, 0.15) is 5.03 Å². The molecule has 0 aliphatic heterocycles. The van der Waals surface area contributed by atoms with Crippen molar-refractivity contribution < 1.29 is 0 Å². The summed E-state index contributed by atoms with van der Waals surface area (Å²) in [6, 6.07) is 0.576. The zero-order valence-electron chi connectivity index (χ0n) is 8.73. The van der Waals surface area contributed by atoms with Crippen molar-refractivity contribution in [3.8, 4) is 0 Å². The molecule has 1 rings (SSSR count). The van der Waals surface area contributed by atoms with E-state index in [1.54, 1.807) is 24.2 Å². The molecule has 0 aliphatic rings. The Morgan fingerprint density at radius 2 is 2.36 bits per heavy atom. The van der Waals surface area contributed by atoms with Gasteiger partial charge in [-0.15, -0.1) is 11.8 Å². The lowest BCUT2D eigenvalue weighted by Crippen LogP contribution is -2.27. The minimum absolute atomic E-state index is 0.576. The van der Waals surface area contributed by atoms with E-state index in [1.807, 2.05) is 13.2 Å². The van der Waals surface area contributed by atoms with Crippen LogP contribution in [-0.4, -0.2) is 28.8 Å². The Balaban J connectivity index is 2.32. The molecular weight excluding hydrogens is 194 g/mol. The molecule has 14 heavy (non-hydrogen) atoms. The highest BCUT2D eigenvalue weighted by molar-refractivity contribution is 7.99. The van der Waals surface area contributed by atoms with Crippen molar-refractivity contribution in [2.45, 2.75) is 30.8 Å². The molecule has 0 spiro atoms. The fourth-order valence-corrected chi connectivity index (χ4v) is 2.18. The molecule has 0 aromatic carbocycles. The zero-order chi connectivity index (χ0) is 10.2. The molecule has 0 saturated carbocycles. The molecule has 1 aromatic heterocycles. The Kier molecular flexibility index (Phi) is 5.56. The normalized spacial score (nSPS) is 12.7. The predicted octanol–water partition coefficient (Wildman–Crippen LogP) is 1.96. The van der Waals surface area contributed by atoms with E-state index in [1.165, 1.54) is 12.8 Å². The van der Waals surface area contributed by atoms with Gasteiger partial charge in [-0.2, -0.15) is 0 Å². The average molecular weight is 211 g/mol. The molecule has 0 radical (unpaired) electrons. The van der Waals surface area contributed by atoms with Gasteiger partial charge in [0.05, 0.1) is 6.20 Å². The van der Waals surface area contributed by atoms with E-state index in [2.05, 4.69) is 22.2 Å². The zero-order valence-corrected chi connectivity index (χ0v) is 9.55. The molecule has 1 N–H and O–H groups in total. The highest BCUT2D eigenvalue weighted by Gasteiger charge is 2.05. The van der Waals surface area contributed by atoms with Gasteiger partial charge in [-0.1, -0.05) is 13.3 Å². The van der Waals surface area contributed by atoms with Gasteiger partial charge in [0.15, 0.2) is 0 Å². The van der Waals surface area contributed by atoms with Crippen LogP contribution < -0.4 is 5.32 Å². The topological polar surface area (TPSA) is 37.8 Å². The number of hydrogen-bond acceptors (Lipinski definition) is 4. The lowest BCUT2D eigenvalue weighted by molar-refractivity contribution is 0.564. The molecule has 1 heterocycles. The van der Waals surface area contributed by atoms with E-state index in [4.69, 9.17) is 0 Å². The standard InChI is InChI=1S/C10H17N3S/c1-3-4-9(11-2)8-14-10-7-12-5-6-13-10/h5-7,9,11H,3-4,8H2,1-2H3. The largest absolute Gasteiger partial charge is 0.316 e. The molecule has 1 atom stereocenters. The summed E-state index contributed by atoms with van der Waals surface area (Å²) in [5.74, 6) is 1.06. The maximum absolute atomic E-state index is 4.22. The minimum atomic E-state index is 0.576. The van der Waals surface area contributed by atoms with Crippen LogP contribution in [0.5, 0.6) is 0 Å². The lowest BCUT2D eigenvalue weighted by Gasteiger charge is -2.13. The van der Waals surface area contributed by atoms with Crippen LogP contribution >= 0.6 is 11.8 Å². The summed E-state index contributed by atoms with van der Waals surface area (Å²) < 4.78 is 0. The van der Waals surface area contributed by atoms with Crippen molar-refractivity contribution >= 4 is 11.8 Å². The summed E-state index contributed by atoms with van der Waals surface area (Å²) >= 11 is 1.76. The van der Waals surface area contributed by atoms with Crippen molar-refractivity contribution in [3.05, 3.63) is 18.6 Å². The second-order valence-corrected chi connectivity index (χ2v) is 4.17. The Bertz CT molecular complexity index is 240. The molecule has 78 valence electrons. The van der Waals surface area contributed by atoms with Gasteiger partial charge in [-0.3, -0.25) is 4.98 Å². The Hall–Kier alpha value is -0.610. The van der Waals surface area contributed by atoms with Crippen LogP contribution in [0.4, 0.5) is 0 Å². The monoisotopic (exact) mass is 211 g/mol. The predicted molar refractivity (Wildman–Crippen MR) is 60.5 cm³/mol. The van der Waals surface area contributed by atoms with E-state index in [0.29, 0.717) is 6.04 Å². The summed E-state index contributed by atoms with van der Waals surface area (Å²) in [4.78, 5) is 8.25. The van der Waals surface area contributed by atoms with Gasteiger partial charge in [-0.25, -0.2) is 4.98 Å². The summed E-state index contributed by atoms with van der Waals surface area (Å²) in [6.45, 7) is 2.21. The van der Waals surface area contributed by atoms with E-state index in [0.717, 1.165) is 10.8 Å². The van der Waals surface area contributed by atoms with Gasteiger partial charge in [0.25, 0.3) is 0 Å². The summed E-state index contributed by atoms with van der Waals surface area (Å²) in [5, 5.41) is 4.31. The molecule has 0 bridgehead atoms. The van der Waals surface area contributed by atoms with Crippen LogP contribution in [0.3, 0.4) is 0 Å². The van der Waals surface area contributed by atoms with Crippen molar-refractivity contribution in [2.24, 2.45) is 0 Å². The van der Waals surface area contributed by atoms with Crippen LogP contribution in [0.2, 0.25) is 0 Å². The number of aromatic nitrogens is 2. The van der Waals surface area contributed by atoms with Crippen LogP contribution in [0.25, 0.3) is 0 Å². The third-order valence-corrected chi connectivity index (χ3v) is 3.09. The summed E-state index contributed by atoms with van der Waals surface area (Å²) in [7, 11) is 2.01. The molecular formula is C10H17N3S. The minimum Gasteiger partial charge on any atom is -0.316 e. The van der Waals surface area contributed by atoms with Crippen molar-refractivity contribution in [1.82, 2.24) is 15.3 Å². The summed E-state index contributed by atoms with van der Waals surface area (Å²) in [6.07, 6.45) is 7.67. The molecule has 4 heteroatoms. The van der Waals surface area contributed by atoms with Gasteiger partial charge < -0.3 is 5.32 Å². The number of hydrogen-bond donors (Lipinski definition) is 1. The quantitative estimate of drug-likeness (QED) is 0.730. The number of thioether (sulfide) groups is 1. The van der Waals surface area contributed by atoms with Gasteiger partial charge >= 0.3 is 0 Å². The Morgan fingerprint density at radius 1 is 1.50 bits per heavy atom. The number of rotatable bonds is 6. The number of nitrogens with zero attached hydrogens (tertiary/aromatic N) is 2. The second kappa shape index (κ2) is 6.79. The van der Waals surface area contributed by atoms with Gasteiger partial charge in [-0.05, 0) is 13.5 Å². The van der Waals surface area contributed by atoms with E-state index >= 15 is 0 Å². The first-order valence-corrected chi connectivity index (χ1v) is 5.91. The van der Waals surface area contributed by atoms with E-state index < -0.39 is 0 Å². The molecule has 0 fully saturated rings. The van der Waals surface area contributed by atoms with Gasteiger partial charge in [0.2, 0.25) is 0 Å². The van der Waals surface area contributed by atoms with Crippen molar-refractivity contribution in [2.75, 3.05) is 12.8 Å². The highest BCUT2D eigenvalue weighted by atomic mass is 32.2.